The van der Waals surface area contributed by atoms with Crippen molar-refractivity contribution in [1.82, 2.24) is 0 Å². The molecule has 2 aromatic carbocycles. The Balaban J connectivity index is 2.21. The first-order chi connectivity index (χ1) is 10.2. The number of halogens is 1. The third-order valence-electron chi connectivity index (χ3n) is 3.14. The number of nitrogens with zero attached hydrogens (tertiary/aromatic N) is 1. The van der Waals surface area contributed by atoms with Crippen LogP contribution in [0, 0.1) is 5.82 Å². The van der Waals surface area contributed by atoms with Crippen LogP contribution in [0.25, 0.3) is 0 Å². The van der Waals surface area contributed by atoms with Gasteiger partial charge < -0.3 is 9.94 Å². The second-order valence-corrected chi connectivity index (χ2v) is 5.30. The van der Waals surface area contributed by atoms with E-state index < -0.39 is 5.82 Å². The summed E-state index contributed by atoms with van der Waals surface area (Å²) in [6.45, 7) is 0. The molecule has 0 atom stereocenters. The minimum atomic E-state index is -0.478. The lowest BCUT2D eigenvalue weighted by Gasteiger charge is -2.08. The molecule has 0 amide bonds. The number of benzene rings is 2. The van der Waals surface area contributed by atoms with Gasteiger partial charge >= 0.3 is 0 Å². The summed E-state index contributed by atoms with van der Waals surface area (Å²) in [4.78, 5) is 1.16. The molecule has 0 bridgehead atoms. The molecule has 0 spiro atoms. The number of thioether (sulfide) groups is 1. The monoisotopic (exact) mass is 305 g/mol. The van der Waals surface area contributed by atoms with Crippen molar-refractivity contribution in [3.8, 4) is 5.75 Å². The van der Waals surface area contributed by atoms with Crippen LogP contribution >= 0.6 is 11.8 Å². The van der Waals surface area contributed by atoms with Crippen LogP contribution in [0.5, 0.6) is 5.75 Å². The fraction of sp³-hybridized carbons (Fsp3) is 0.188. The maximum absolute atomic E-state index is 13.7. The van der Waals surface area contributed by atoms with Crippen molar-refractivity contribution in [2.75, 3.05) is 13.4 Å². The number of methoxy groups -OCH3 is 1. The molecule has 0 aliphatic heterocycles. The number of rotatable bonds is 5. The average Bonchev–Trinajstić information content (AvgIpc) is 2.53. The molecule has 1 N–H and O–H groups in total. The summed E-state index contributed by atoms with van der Waals surface area (Å²) in [7, 11) is 1.41. The zero-order chi connectivity index (χ0) is 15.2. The molecule has 0 fully saturated rings. The molecule has 0 aliphatic carbocycles. The van der Waals surface area contributed by atoms with E-state index in [4.69, 9.17) is 4.74 Å². The molecule has 0 radical (unpaired) electrons. The Morgan fingerprint density at radius 1 is 1.24 bits per heavy atom. The highest BCUT2D eigenvalue weighted by molar-refractivity contribution is 7.98. The normalized spacial score (nSPS) is 11.5. The van der Waals surface area contributed by atoms with Crippen molar-refractivity contribution in [2.24, 2.45) is 5.16 Å². The summed E-state index contributed by atoms with van der Waals surface area (Å²) in [6, 6.07) is 12.4. The first-order valence-electron chi connectivity index (χ1n) is 6.35. The van der Waals surface area contributed by atoms with Crippen molar-refractivity contribution in [1.29, 1.82) is 0 Å². The summed E-state index contributed by atoms with van der Waals surface area (Å²) in [5, 5.41) is 12.5. The van der Waals surface area contributed by atoms with E-state index in [1.165, 1.54) is 19.2 Å². The summed E-state index contributed by atoms with van der Waals surface area (Å²) < 4.78 is 18.6. The van der Waals surface area contributed by atoms with Crippen molar-refractivity contribution in [3.63, 3.8) is 0 Å². The van der Waals surface area contributed by atoms with E-state index in [9.17, 15) is 9.60 Å². The van der Waals surface area contributed by atoms with Crippen LogP contribution in [0.15, 0.2) is 52.5 Å². The van der Waals surface area contributed by atoms with Gasteiger partial charge in [-0.2, -0.15) is 0 Å². The van der Waals surface area contributed by atoms with Crippen molar-refractivity contribution in [2.45, 2.75) is 11.3 Å². The smallest absolute Gasteiger partial charge is 0.165 e. The summed E-state index contributed by atoms with van der Waals surface area (Å²) in [6.07, 6.45) is 2.44. The van der Waals surface area contributed by atoms with Gasteiger partial charge in [-0.3, -0.25) is 0 Å². The van der Waals surface area contributed by atoms with E-state index >= 15 is 0 Å². The van der Waals surface area contributed by atoms with Gasteiger partial charge in [0, 0.05) is 16.9 Å². The fourth-order valence-corrected chi connectivity index (χ4v) is 2.39. The standard InChI is InChI=1S/C16H16FNO2S/c1-20-16-8-5-12(10-14(16)17)15(18-19)9-11-3-6-13(21-2)7-4-11/h3-8,10,19H,9H2,1-2H3/b18-15+. The summed E-state index contributed by atoms with van der Waals surface area (Å²) >= 11 is 1.66. The molecule has 110 valence electrons. The van der Waals surface area contributed by atoms with Gasteiger partial charge in [0.15, 0.2) is 11.6 Å². The summed E-state index contributed by atoms with van der Waals surface area (Å²) in [5.74, 6) is -0.311. The molecule has 2 rings (SSSR count). The van der Waals surface area contributed by atoms with Crippen LogP contribution in [0.4, 0.5) is 4.39 Å². The topological polar surface area (TPSA) is 41.8 Å². The molecule has 21 heavy (non-hydrogen) atoms. The van der Waals surface area contributed by atoms with Gasteiger partial charge in [0.25, 0.3) is 0 Å². The van der Waals surface area contributed by atoms with Crippen molar-refractivity contribution in [3.05, 3.63) is 59.4 Å². The molecule has 0 saturated heterocycles. The van der Waals surface area contributed by atoms with Crippen molar-refractivity contribution >= 4 is 17.5 Å². The molecule has 0 heterocycles. The van der Waals surface area contributed by atoms with Gasteiger partial charge in [-0.15, -0.1) is 11.8 Å². The predicted molar refractivity (Wildman–Crippen MR) is 83.2 cm³/mol. The second-order valence-electron chi connectivity index (χ2n) is 4.42. The Morgan fingerprint density at radius 2 is 1.95 bits per heavy atom. The minimum absolute atomic E-state index is 0.167. The van der Waals surface area contributed by atoms with E-state index in [1.807, 2.05) is 30.5 Å². The van der Waals surface area contributed by atoms with E-state index in [0.717, 1.165) is 10.5 Å². The molecular formula is C16H16FNO2S. The molecule has 0 aromatic heterocycles. The quantitative estimate of drug-likeness (QED) is 0.393. The van der Waals surface area contributed by atoms with E-state index in [2.05, 4.69) is 5.16 Å². The molecule has 0 aliphatic rings. The number of hydrogen-bond donors (Lipinski definition) is 1. The van der Waals surface area contributed by atoms with E-state index in [0.29, 0.717) is 17.7 Å². The number of oxime groups is 1. The first kappa shape index (κ1) is 15.4. The maximum Gasteiger partial charge on any atom is 0.165 e. The van der Waals surface area contributed by atoms with Crippen LogP contribution in [-0.4, -0.2) is 24.3 Å². The highest BCUT2D eigenvalue weighted by Gasteiger charge is 2.10. The van der Waals surface area contributed by atoms with Gasteiger partial charge in [0.1, 0.15) is 0 Å². The van der Waals surface area contributed by atoms with Gasteiger partial charge in [-0.25, -0.2) is 4.39 Å². The Labute approximate surface area is 127 Å². The zero-order valence-electron chi connectivity index (χ0n) is 11.8. The Bertz CT molecular complexity index is 641. The molecular weight excluding hydrogens is 289 g/mol. The molecule has 2 aromatic rings. The Hall–Kier alpha value is -2.01. The van der Waals surface area contributed by atoms with Gasteiger partial charge in [0.2, 0.25) is 0 Å². The fourth-order valence-electron chi connectivity index (χ4n) is 1.98. The van der Waals surface area contributed by atoms with Crippen LogP contribution in [0.3, 0.4) is 0 Å². The highest BCUT2D eigenvalue weighted by Crippen LogP contribution is 2.20. The van der Waals surface area contributed by atoms with Gasteiger partial charge in [-0.1, -0.05) is 17.3 Å². The van der Waals surface area contributed by atoms with Crippen LogP contribution in [0.2, 0.25) is 0 Å². The van der Waals surface area contributed by atoms with Crippen LogP contribution in [-0.2, 0) is 6.42 Å². The van der Waals surface area contributed by atoms with E-state index in [1.54, 1.807) is 17.8 Å². The predicted octanol–water partition coefficient (Wildman–Crippen LogP) is 3.98. The van der Waals surface area contributed by atoms with E-state index in [-0.39, 0.29) is 5.75 Å². The molecule has 5 heteroatoms. The highest BCUT2D eigenvalue weighted by atomic mass is 32.2. The molecule has 0 unspecified atom stereocenters. The van der Waals surface area contributed by atoms with Crippen LogP contribution < -0.4 is 4.74 Å². The second kappa shape index (κ2) is 7.13. The SMILES string of the molecule is COc1ccc(/C(Cc2ccc(SC)cc2)=N/O)cc1F. The third kappa shape index (κ3) is 3.76. The lowest BCUT2D eigenvalue weighted by Crippen LogP contribution is -2.06. The zero-order valence-corrected chi connectivity index (χ0v) is 12.7. The van der Waals surface area contributed by atoms with Gasteiger partial charge in [0.05, 0.1) is 12.8 Å². The number of hydrogen-bond acceptors (Lipinski definition) is 4. The molecule has 0 saturated carbocycles. The lowest BCUT2D eigenvalue weighted by atomic mass is 10.0. The lowest BCUT2D eigenvalue weighted by molar-refractivity contribution is 0.318. The Morgan fingerprint density at radius 3 is 2.48 bits per heavy atom. The van der Waals surface area contributed by atoms with Crippen LogP contribution in [0.1, 0.15) is 11.1 Å². The van der Waals surface area contributed by atoms with Gasteiger partial charge in [-0.05, 0) is 42.2 Å². The maximum atomic E-state index is 13.7. The Kier molecular flexibility index (Phi) is 5.22. The largest absolute Gasteiger partial charge is 0.494 e. The number of ether oxygens (including phenoxy) is 1. The first-order valence-corrected chi connectivity index (χ1v) is 7.58. The average molecular weight is 305 g/mol. The third-order valence-corrected chi connectivity index (χ3v) is 3.88. The summed E-state index contributed by atoms with van der Waals surface area (Å²) in [5.41, 5.74) is 1.94. The molecule has 3 nitrogen and oxygen atoms in total. The van der Waals surface area contributed by atoms with Crippen molar-refractivity contribution < 1.29 is 14.3 Å². The minimum Gasteiger partial charge on any atom is -0.494 e.